The summed E-state index contributed by atoms with van der Waals surface area (Å²) in [4.78, 5) is 12.1. The van der Waals surface area contributed by atoms with Crippen LogP contribution in [0.5, 0.6) is 5.75 Å². The van der Waals surface area contributed by atoms with Crippen LogP contribution >= 0.6 is 47.0 Å². The normalized spacial score (nSPS) is 12.4. The standard InChI is InChI=1S/C18H16Cl3N3O2S/c19-18(20,21)16(23-15(26)11-10-12-6-2-1-3-7-12)24-17(27)22-13-8-4-5-9-14(13)25/h1-11,16,25H,(H,23,26)(H2,22,24,27)/b11-10-/t16-/m0/s1. The number of thiocarbonyl (C=S) groups is 1. The summed E-state index contributed by atoms with van der Waals surface area (Å²) in [5.74, 6) is -0.477. The Balaban J connectivity index is 2.00. The summed E-state index contributed by atoms with van der Waals surface area (Å²) in [6.07, 6.45) is 1.84. The van der Waals surface area contributed by atoms with Crippen LogP contribution in [0.25, 0.3) is 6.08 Å². The van der Waals surface area contributed by atoms with Crippen LogP contribution in [0.4, 0.5) is 5.69 Å². The number of halogens is 3. The van der Waals surface area contributed by atoms with Crippen LogP contribution in [0.1, 0.15) is 5.56 Å². The molecule has 1 amide bonds. The molecule has 4 N–H and O–H groups in total. The van der Waals surface area contributed by atoms with Crippen molar-refractivity contribution in [3.8, 4) is 5.75 Å². The molecule has 0 saturated carbocycles. The van der Waals surface area contributed by atoms with E-state index in [9.17, 15) is 9.90 Å². The molecule has 0 bridgehead atoms. The van der Waals surface area contributed by atoms with Crippen LogP contribution in [-0.4, -0.2) is 26.1 Å². The van der Waals surface area contributed by atoms with Crippen molar-refractivity contribution in [1.82, 2.24) is 10.6 Å². The zero-order chi connectivity index (χ0) is 19.9. The second kappa shape index (κ2) is 9.80. The fourth-order valence-corrected chi connectivity index (χ4v) is 2.55. The molecule has 5 nitrogen and oxygen atoms in total. The van der Waals surface area contributed by atoms with Gasteiger partial charge in [-0.3, -0.25) is 4.79 Å². The lowest BCUT2D eigenvalue weighted by Crippen LogP contribution is -2.55. The smallest absolute Gasteiger partial charge is 0.245 e. The number of amides is 1. The molecule has 0 radical (unpaired) electrons. The Kier molecular flexibility index (Phi) is 7.74. The van der Waals surface area contributed by atoms with Crippen LogP contribution < -0.4 is 16.0 Å². The Hall–Kier alpha value is -1.99. The molecule has 0 aromatic heterocycles. The first-order valence-electron chi connectivity index (χ1n) is 7.71. The van der Waals surface area contributed by atoms with Crippen LogP contribution in [-0.2, 0) is 4.79 Å². The number of para-hydroxylation sites is 2. The van der Waals surface area contributed by atoms with Crippen LogP contribution in [0.3, 0.4) is 0 Å². The lowest BCUT2D eigenvalue weighted by molar-refractivity contribution is -0.117. The largest absolute Gasteiger partial charge is 0.506 e. The topological polar surface area (TPSA) is 73.4 Å². The molecule has 1 atom stereocenters. The predicted molar refractivity (Wildman–Crippen MR) is 115 cm³/mol. The van der Waals surface area contributed by atoms with E-state index in [1.807, 2.05) is 30.3 Å². The fourth-order valence-electron chi connectivity index (χ4n) is 2.00. The van der Waals surface area contributed by atoms with Gasteiger partial charge in [-0.15, -0.1) is 0 Å². The maximum Gasteiger partial charge on any atom is 0.245 e. The van der Waals surface area contributed by atoms with Crippen molar-refractivity contribution in [3.05, 3.63) is 66.2 Å². The zero-order valence-corrected chi connectivity index (χ0v) is 16.9. The minimum Gasteiger partial charge on any atom is -0.506 e. The average molecular weight is 445 g/mol. The number of rotatable bonds is 5. The molecule has 0 fully saturated rings. The number of carbonyl (C=O) groups is 1. The third-order valence-electron chi connectivity index (χ3n) is 3.27. The highest BCUT2D eigenvalue weighted by Crippen LogP contribution is 2.29. The highest BCUT2D eigenvalue weighted by Gasteiger charge is 2.34. The Labute approximate surface area is 177 Å². The molecular formula is C18H16Cl3N3O2S. The number of phenols is 1. The SMILES string of the molecule is O=C(/C=C\c1ccccc1)N[C@@H](NC(=S)Nc1ccccc1O)C(Cl)(Cl)Cl. The van der Waals surface area contributed by atoms with Gasteiger partial charge in [0.25, 0.3) is 0 Å². The Morgan fingerprint density at radius 2 is 1.67 bits per heavy atom. The van der Waals surface area contributed by atoms with E-state index in [0.29, 0.717) is 5.69 Å². The van der Waals surface area contributed by atoms with E-state index in [0.717, 1.165) is 5.56 Å². The molecule has 27 heavy (non-hydrogen) atoms. The Bertz CT molecular complexity index is 826. The van der Waals surface area contributed by atoms with E-state index in [4.69, 9.17) is 47.0 Å². The molecular weight excluding hydrogens is 429 g/mol. The molecule has 2 rings (SSSR count). The number of anilines is 1. The third-order valence-corrected chi connectivity index (χ3v) is 4.14. The van der Waals surface area contributed by atoms with Gasteiger partial charge in [-0.05, 0) is 36.0 Å². The van der Waals surface area contributed by atoms with Gasteiger partial charge in [-0.25, -0.2) is 0 Å². The minimum atomic E-state index is -1.87. The van der Waals surface area contributed by atoms with E-state index < -0.39 is 15.9 Å². The van der Waals surface area contributed by atoms with Crippen molar-refractivity contribution in [2.45, 2.75) is 9.96 Å². The summed E-state index contributed by atoms with van der Waals surface area (Å²) in [5.41, 5.74) is 1.22. The van der Waals surface area contributed by atoms with Crippen LogP contribution in [0.15, 0.2) is 60.7 Å². The number of alkyl halides is 3. The van der Waals surface area contributed by atoms with Crippen LogP contribution in [0, 0.1) is 0 Å². The molecule has 0 aliphatic heterocycles. The van der Waals surface area contributed by atoms with Crippen molar-refractivity contribution < 1.29 is 9.90 Å². The molecule has 0 aliphatic carbocycles. The second-order valence-electron chi connectivity index (χ2n) is 5.34. The number of nitrogens with one attached hydrogen (secondary N) is 3. The first kappa shape index (κ1) is 21.3. The van der Waals surface area contributed by atoms with Crippen molar-refractivity contribution in [3.63, 3.8) is 0 Å². The number of hydrogen-bond donors (Lipinski definition) is 4. The van der Waals surface area contributed by atoms with E-state index in [1.165, 1.54) is 12.1 Å². The lowest BCUT2D eigenvalue weighted by atomic mass is 10.2. The van der Waals surface area contributed by atoms with Crippen LogP contribution in [0.2, 0.25) is 0 Å². The maximum atomic E-state index is 12.1. The summed E-state index contributed by atoms with van der Waals surface area (Å²) in [6.45, 7) is 0. The monoisotopic (exact) mass is 443 g/mol. The lowest BCUT2D eigenvalue weighted by Gasteiger charge is -2.27. The van der Waals surface area contributed by atoms with Crippen molar-refractivity contribution in [1.29, 1.82) is 0 Å². The number of carbonyl (C=O) groups excluding carboxylic acids is 1. The van der Waals surface area contributed by atoms with Gasteiger partial charge in [0, 0.05) is 6.08 Å². The molecule has 0 spiro atoms. The van der Waals surface area contributed by atoms with Crippen molar-refractivity contribution in [2.75, 3.05) is 5.32 Å². The summed E-state index contributed by atoms with van der Waals surface area (Å²) in [6, 6.07) is 15.8. The maximum absolute atomic E-state index is 12.1. The van der Waals surface area contributed by atoms with Gasteiger partial charge >= 0.3 is 0 Å². The second-order valence-corrected chi connectivity index (χ2v) is 8.12. The van der Waals surface area contributed by atoms with E-state index >= 15 is 0 Å². The highest BCUT2D eigenvalue weighted by molar-refractivity contribution is 7.80. The molecule has 142 valence electrons. The number of hydrogen-bond acceptors (Lipinski definition) is 3. The predicted octanol–water partition coefficient (Wildman–Crippen LogP) is 4.20. The summed E-state index contributed by atoms with van der Waals surface area (Å²) >= 11 is 23.0. The minimum absolute atomic E-state index is 0.00177. The summed E-state index contributed by atoms with van der Waals surface area (Å²) < 4.78 is -1.87. The van der Waals surface area contributed by atoms with Crippen molar-refractivity contribution >= 4 is 69.8 Å². The molecule has 9 heteroatoms. The molecule has 0 heterocycles. The van der Waals surface area contributed by atoms with Gasteiger partial charge in [0.05, 0.1) is 5.69 Å². The van der Waals surface area contributed by atoms with Gasteiger partial charge in [0.15, 0.2) is 5.11 Å². The summed E-state index contributed by atoms with van der Waals surface area (Å²) in [7, 11) is 0. The van der Waals surface area contributed by atoms with E-state index in [2.05, 4.69) is 16.0 Å². The zero-order valence-electron chi connectivity index (χ0n) is 13.8. The van der Waals surface area contributed by atoms with Gasteiger partial charge in [-0.2, -0.15) is 0 Å². The van der Waals surface area contributed by atoms with Crippen molar-refractivity contribution in [2.24, 2.45) is 0 Å². The first-order chi connectivity index (χ1) is 12.8. The number of benzene rings is 2. The van der Waals surface area contributed by atoms with E-state index in [-0.39, 0.29) is 10.9 Å². The number of aromatic hydroxyl groups is 1. The molecule has 0 unspecified atom stereocenters. The van der Waals surface area contributed by atoms with Gasteiger partial charge in [-0.1, -0.05) is 77.3 Å². The highest BCUT2D eigenvalue weighted by atomic mass is 35.6. The third kappa shape index (κ3) is 7.27. The van der Waals surface area contributed by atoms with Gasteiger partial charge < -0.3 is 21.1 Å². The average Bonchev–Trinajstić information content (AvgIpc) is 2.61. The van der Waals surface area contributed by atoms with Gasteiger partial charge in [0.2, 0.25) is 9.70 Å². The van der Waals surface area contributed by atoms with Gasteiger partial charge in [0.1, 0.15) is 11.9 Å². The first-order valence-corrected chi connectivity index (χ1v) is 9.26. The van der Waals surface area contributed by atoms with E-state index in [1.54, 1.807) is 24.3 Å². The summed E-state index contributed by atoms with van der Waals surface area (Å²) in [5, 5.41) is 17.8. The molecule has 0 saturated heterocycles. The quantitative estimate of drug-likeness (QED) is 0.183. The molecule has 2 aromatic carbocycles. The Morgan fingerprint density at radius 1 is 1.04 bits per heavy atom. The molecule has 2 aromatic rings. The fraction of sp³-hybridized carbons (Fsp3) is 0.111. The Morgan fingerprint density at radius 3 is 2.30 bits per heavy atom. The molecule has 0 aliphatic rings. The number of phenolic OH excluding ortho intramolecular Hbond substituents is 1.